The van der Waals surface area contributed by atoms with Gasteiger partial charge in [0.25, 0.3) is 10.0 Å². The molecular formula is C30H30ClF4N5O6S2. The second kappa shape index (κ2) is 15.2. The molecule has 18 heteroatoms. The molecule has 1 amide bonds. The van der Waals surface area contributed by atoms with Gasteiger partial charge in [0, 0.05) is 43.4 Å². The van der Waals surface area contributed by atoms with Crippen molar-refractivity contribution in [1.29, 1.82) is 0 Å². The van der Waals surface area contributed by atoms with E-state index >= 15 is 4.39 Å². The summed E-state index contributed by atoms with van der Waals surface area (Å²) in [7, 11) is 1.06. The number of hydrogen-bond acceptors (Lipinski definition) is 10. The van der Waals surface area contributed by atoms with Crippen LogP contribution in [0.5, 0.6) is 11.5 Å². The highest BCUT2D eigenvalue weighted by molar-refractivity contribution is 7.93. The molecule has 1 heterocycles. The summed E-state index contributed by atoms with van der Waals surface area (Å²) in [4.78, 5) is 16.2. The van der Waals surface area contributed by atoms with Crippen LogP contribution in [0.1, 0.15) is 11.1 Å². The average molecular weight is 732 g/mol. The number of halogens is 5. The fraction of sp³-hybridized carbons (Fsp3) is 0.267. The van der Waals surface area contributed by atoms with E-state index in [0.29, 0.717) is 17.1 Å². The van der Waals surface area contributed by atoms with Gasteiger partial charge < -0.3 is 29.7 Å². The molecule has 0 spiro atoms. The zero-order chi connectivity index (χ0) is 35.2. The molecule has 3 aromatic carbocycles. The zero-order valence-electron chi connectivity index (χ0n) is 25.9. The van der Waals surface area contributed by atoms with Gasteiger partial charge in [0.2, 0.25) is 0 Å². The van der Waals surface area contributed by atoms with Crippen molar-refractivity contribution in [2.24, 2.45) is 0 Å². The highest BCUT2D eigenvalue weighted by Crippen LogP contribution is 2.40. The molecule has 0 aliphatic rings. The van der Waals surface area contributed by atoms with E-state index in [4.69, 9.17) is 25.8 Å². The quantitative estimate of drug-likeness (QED) is 0.141. The number of rotatable bonds is 13. The van der Waals surface area contributed by atoms with Gasteiger partial charge in [-0.05, 0) is 36.4 Å². The Morgan fingerprint density at radius 1 is 1.06 bits per heavy atom. The lowest BCUT2D eigenvalue weighted by atomic mass is 10.1. The predicted molar refractivity (Wildman–Crippen MR) is 175 cm³/mol. The van der Waals surface area contributed by atoms with Crippen LogP contribution in [0.3, 0.4) is 0 Å². The van der Waals surface area contributed by atoms with E-state index in [0.717, 1.165) is 46.0 Å². The minimum Gasteiger partial charge on any atom is -0.497 e. The van der Waals surface area contributed by atoms with Crippen LogP contribution >= 0.6 is 22.9 Å². The van der Waals surface area contributed by atoms with E-state index in [2.05, 4.69) is 15.6 Å². The lowest BCUT2D eigenvalue weighted by Crippen LogP contribution is -2.31. The fourth-order valence-corrected chi connectivity index (χ4v) is 7.03. The van der Waals surface area contributed by atoms with Crippen LogP contribution in [0, 0.1) is 5.82 Å². The van der Waals surface area contributed by atoms with Gasteiger partial charge in [-0.2, -0.15) is 13.2 Å². The second-order valence-electron chi connectivity index (χ2n) is 9.93. The molecule has 4 aromatic rings. The molecule has 4 rings (SSSR count). The van der Waals surface area contributed by atoms with Gasteiger partial charge in [0.05, 0.1) is 55.0 Å². The van der Waals surface area contributed by atoms with Crippen molar-refractivity contribution in [3.8, 4) is 11.5 Å². The molecule has 0 aliphatic carbocycles. The Bertz CT molecular complexity index is 1860. The first-order valence-corrected chi connectivity index (χ1v) is 16.6. The monoisotopic (exact) mass is 731 g/mol. The summed E-state index contributed by atoms with van der Waals surface area (Å²) in [6.45, 7) is -0.453. The lowest BCUT2D eigenvalue weighted by molar-refractivity contribution is -0.137. The molecule has 0 saturated carbocycles. The molecule has 0 aliphatic heterocycles. The number of carbonyl (C=O) groups excluding carboxylic acids is 1. The molecule has 0 unspecified atom stereocenters. The minimum absolute atomic E-state index is 0.00570. The van der Waals surface area contributed by atoms with Crippen molar-refractivity contribution in [1.82, 2.24) is 10.3 Å². The number of carbonyl (C=O) groups is 1. The van der Waals surface area contributed by atoms with Crippen LogP contribution in [0.2, 0.25) is 5.02 Å². The normalized spacial score (nSPS) is 11.5. The highest BCUT2D eigenvalue weighted by atomic mass is 35.5. The van der Waals surface area contributed by atoms with Crippen molar-refractivity contribution in [3.63, 3.8) is 0 Å². The average Bonchev–Trinajstić information content (AvgIpc) is 3.59. The Morgan fingerprint density at radius 3 is 2.44 bits per heavy atom. The number of alkyl carbamates (subject to hydrolysis) is 1. The number of sulfonamides is 1. The molecule has 0 fully saturated rings. The molecule has 2 N–H and O–H groups in total. The van der Waals surface area contributed by atoms with E-state index in [1.165, 1.54) is 39.4 Å². The third kappa shape index (κ3) is 8.32. The predicted octanol–water partition coefficient (Wildman–Crippen LogP) is 6.90. The molecule has 0 saturated heterocycles. The Balaban J connectivity index is 1.70. The number of methoxy groups -OCH3 is 2. The molecule has 258 valence electrons. The highest BCUT2D eigenvalue weighted by Gasteiger charge is 2.33. The number of amides is 1. The van der Waals surface area contributed by atoms with Gasteiger partial charge in [-0.1, -0.05) is 11.6 Å². The molecule has 11 nitrogen and oxygen atoms in total. The molecule has 0 radical (unpaired) electrons. The number of nitrogens with zero attached hydrogens (tertiary/aromatic N) is 3. The Labute approximate surface area is 283 Å². The van der Waals surface area contributed by atoms with E-state index < -0.39 is 38.6 Å². The van der Waals surface area contributed by atoms with Gasteiger partial charge >= 0.3 is 12.3 Å². The molecule has 0 atom stereocenters. The first-order valence-electron chi connectivity index (χ1n) is 13.9. The topological polar surface area (TPSA) is 122 Å². The largest absolute Gasteiger partial charge is 0.497 e. The Morgan fingerprint density at radius 2 is 1.81 bits per heavy atom. The fourth-order valence-electron chi connectivity index (χ4n) is 4.41. The SMILES string of the molecule is CNC(=O)OCCN(C)c1cc(C(F)(F)F)ccc1Nc1cc(F)c(S(=O)(=O)N(Cc2ccc(OC)cc2OC)c2nccs2)cc1Cl. The van der Waals surface area contributed by atoms with E-state index in [9.17, 15) is 26.4 Å². The molecule has 0 bridgehead atoms. The van der Waals surface area contributed by atoms with Crippen LogP contribution in [0.25, 0.3) is 0 Å². The van der Waals surface area contributed by atoms with Crippen LogP contribution in [-0.2, 0) is 27.5 Å². The van der Waals surface area contributed by atoms with Gasteiger partial charge in [0.1, 0.15) is 28.8 Å². The number of thiazole rings is 1. The van der Waals surface area contributed by atoms with Gasteiger partial charge in [-0.15, -0.1) is 11.3 Å². The van der Waals surface area contributed by atoms with Crippen molar-refractivity contribution in [2.45, 2.75) is 17.6 Å². The summed E-state index contributed by atoms with van der Waals surface area (Å²) in [6, 6.07) is 9.34. The van der Waals surface area contributed by atoms with Gasteiger partial charge in [-0.3, -0.25) is 0 Å². The van der Waals surface area contributed by atoms with Gasteiger partial charge in [-0.25, -0.2) is 26.9 Å². The van der Waals surface area contributed by atoms with Crippen molar-refractivity contribution in [3.05, 3.63) is 82.1 Å². The molecule has 1 aromatic heterocycles. The molecule has 48 heavy (non-hydrogen) atoms. The van der Waals surface area contributed by atoms with Crippen molar-refractivity contribution in [2.75, 3.05) is 56.0 Å². The van der Waals surface area contributed by atoms with Crippen LogP contribution in [0.15, 0.2) is 65.0 Å². The van der Waals surface area contributed by atoms with Crippen molar-refractivity contribution < 1.29 is 45.0 Å². The number of likely N-dealkylation sites (N-methyl/N-ethyl adjacent to an activating group) is 1. The van der Waals surface area contributed by atoms with E-state index in [1.807, 2.05) is 0 Å². The number of benzene rings is 3. The summed E-state index contributed by atoms with van der Waals surface area (Å²) >= 11 is 7.49. The minimum atomic E-state index is -4.67. The smallest absolute Gasteiger partial charge is 0.416 e. The lowest BCUT2D eigenvalue weighted by Gasteiger charge is -2.25. The number of anilines is 4. The number of hydrogen-bond donors (Lipinski definition) is 2. The van der Waals surface area contributed by atoms with Crippen LogP contribution in [0.4, 0.5) is 44.5 Å². The maximum atomic E-state index is 15.8. The number of ether oxygens (including phenoxy) is 3. The van der Waals surface area contributed by atoms with Crippen molar-refractivity contribution >= 4 is 61.2 Å². The molecular weight excluding hydrogens is 702 g/mol. The standard InChI is InChI=1S/C30H30ClF4N5O6S2/c1-36-29(41)46-11-10-39(2)25-13-19(30(33,34)35)6-8-23(25)38-24-16-22(32)27(15-21(24)31)48(42,43)40(28-37-9-12-47-28)17-18-5-7-20(44-3)14-26(18)45-4/h5-9,12-16,38H,10-11,17H2,1-4H3,(H,36,41). The zero-order valence-corrected chi connectivity index (χ0v) is 28.3. The summed E-state index contributed by atoms with van der Waals surface area (Å²) in [6.07, 6.45) is -4.00. The number of alkyl halides is 3. The Hall–Kier alpha value is -4.48. The first kappa shape index (κ1) is 36.4. The number of nitrogens with one attached hydrogen (secondary N) is 2. The summed E-state index contributed by atoms with van der Waals surface area (Å²) < 4.78 is 101. The summed E-state index contributed by atoms with van der Waals surface area (Å²) in [5.74, 6) is -0.396. The van der Waals surface area contributed by atoms with E-state index in [1.54, 1.807) is 23.6 Å². The van der Waals surface area contributed by atoms with Gasteiger partial charge in [0.15, 0.2) is 5.13 Å². The number of aromatic nitrogens is 1. The first-order chi connectivity index (χ1) is 22.7. The summed E-state index contributed by atoms with van der Waals surface area (Å²) in [5.41, 5.74) is -0.555. The maximum Gasteiger partial charge on any atom is 0.416 e. The maximum absolute atomic E-state index is 15.8. The van der Waals surface area contributed by atoms with Crippen LogP contribution < -0.4 is 29.3 Å². The third-order valence-corrected chi connectivity index (χ3v) is 9.87. The van der Waals surface area contributed by atoms with E-state index in [-0.39, 0.29) is 46.9 Å². The summed E-state index contributed by atoms with van der Waals surface area (Å²) in [5, 5.41) is 6.43. The second-order valence-corrected chi connectivity index (χ2v) is 13.0. The Kier molecular flexibility index (Phi) is 11.5. The van der Waals surface area contributed by atoms with Crippen LogP contribution in [-0.4, -0.2) is 61.0 Å². The third-order valence-electron chi connectivity index (χ3n) is 6.90.